The van der Waals surface area contributed by atoms with Crippen LogP contribution in [0.4, 0.5) is 0 Å². The first-order chi connectivity index (χ1) is 11.1. The molecule has 116 valence electrons. The Balaban J connectivity index is 1.60. The maximum absolute atomic E-state index is 11.9. The van der Waals surface area contributed by atoms with E-state index in [1.807, 2.05) is 73.1 Å². The van der Waals surface area contributed by atoms with Gasteiger partial charge in [0.05, 0.1) is 12.2 Å². The van der Waals surface area contributed by atoms with E-state index in [9.17, 15) is 4.79 Å². The fraction of sp³-hybridized carbons (Fsp3) is 0.158. The van der Waals surface area contributed by atoms with Crippen LogP contribution in [0, 0.1) is 13.8 Å². The maximum atomic E-state index is 11.9. The van der Waals surface area contributed by atoms with Crippen LogP contribution in [-0.4, -0.2) is 15.3 Å². The smallest absolute Gasteiger partial charge is 0.244 e. The highest BCUT2D eigenvalue weighted by Gasteiger charge is 2.03. The van der Waals surface area contributed by atoms with Gasteiger partial charge in [-0.1, -0.05) is 29.8 Å². The topological polar surface area (TPSA) is 46.4 Å². The van der Waals surface area contributed by atoms with Gasteiger partial charge in [-0.2, -0.15) is 0 Å². The van der Waals surface area contributed by atoms with Gasteiger partial charge in [-0.3, -0.25) is 4.79 Å². The Morgan fingerprint density at radius 2 is 1.96 bits per heavy atom. The van der Waals surface area contributed by atoms with Crippen LogP contribution in [0.2, 0.25) is 0 Å². The Morgan fingerprint density at radius 1 is 1.17 bits per heavy atom. The summed E-state index contributed by atoms with van der Waals surface area (Å²) in [5.74, 6) is -0.126. The highest BCUT2D eigenvalue weighted by atomic mass is 16.1. The largest absolute Gasteiger partial charge is 0.347 e. The second-order valence-corrected chi connectivity index (χ2v) is 5.66. The molecule has 1 aromatic carbocycles. The number of pyridine rings is 1. The van der Waals surface area contributed by atoms with Gasteiger partial charge in [0.1, 0.15) is 5.65 Å². The third kappa shape index (κ3) is 3.86. The molecule has 0 aliphatic rings. The van der Waals surface area contributed by atoms with Crippen molar-refractivity contribution in [2.45, 2.75) is 20.4 Å². The normalized spacial score (nSPS) is 11.2. The van der Waals surface area contributed by atoms with Crippen LogP contribution in [-0.2, 0) is 11.3 Å². The van der Waals surface area contributed by atoms with Crippen molar-refractivity contribution in [2.75, 3.05) is 0 Å². The molecular weight excluding hydrogens is 286 g/mol. The van der Waals surface area contributed by atoms with Crippen molar-refractivity contribution in [3.05, 3.63) is 77.3 Å². The van der Waals surface area contributed by atoms with Crippen LogP contribution < -0.4 is 5.32 Å². The number of rotatable bonds is 4. The Morgan fingerprint density at radius 3 is 2.74 bits per heavy atom. The molecule has 3 aromatic rings. The van der Waals surface area contributed by atoms with Crippen molar-refractivity contribution < 1.29 is 4.79 Å². The van der Waals surface area contributed by atoms with E-state index in [1.54, 1.807) is 6.08 Å². The SMILES string of the molecule is Cc1ccc(/C=C/C(=O)NCc2cn3ccc(C)cc3n2)cc1. The van der Waals surface area contributed by atoms with Crippen LogP contribution in [0.15, 0.2) is 54.9 Å². The van der Waals surface area contributed by atoms with Crippen LogP contribution in [0.3, 0.4) is 0 Å². The van der Waals surface area contributed by atoms with Crippen LogP contribution >= 0.6 is 0 Å². The van der Waals surface area contributed by atoms with E-state index in [4.69, 9.17) is 0 Å². The number of fused-ring (bicyclic) bond motifs is 1. The third-order valence-electron chi connectivity index (χ3n) is 3.61. The van der Waals surface area contributed by atoms with Gasteiger partial charge in [-0.15, -0.1) is 0 Å². The molecular formula is C19H19N3O. The summed E-state index contributed by atoms with van der Waals surface area (Å²) < 4.78 is 1.95. The molecule has 0 saturated carbocycles. The van der Waals surface area contributed by atoms with Gasteiger partial charge >= 0.3 is 0 Å². The average molecular weight is 305 g/mol. The zero-order chi connectivity index (χ0) is 16.2. The molecule has 4 heteroatoms. The molecule has 3 rings (SSSR count). The number of aromatic nitrogens is 2. The number of carbonyl (C=O) groups excluding carboxylic acids is 1. The summed E-state index contributed by atoms with van der Waals surface area (Å²) in [5.41, 5.74) is 5.11. The summed E-state index contributed by atoms with van der Waals surface area (Å²) in [6, 6.07) is 12.1. The quantitative estimate of drug-likeness (QED) is 0.752. The van der Waals surface area contributed by atoms with Crippen LogP contribution in [0.5, 0.6) is 0 Å². The molecule has 2 heterocycles. The van der Waals surface area contributed by atoms with E-state index >= 15 is 0 Å². The Labute approximate surface area is 135 Å². The van der Waals surface area contributed by atoms with E-state index < -0.39 is 0 Å². The lowest BCUT2D eigenvalue weighted by Gasteiger charge is -1.98. The summed E-state index contributed by atoms with van der Waals surface area (Å²) >= 11 is 0. The van der Waals surface area contributed by atoms with Gasteiger partial charge in [0.15, 0.2) is 0 Å². The predicted molar refractivity (Wildman–Crippen MR) is 92.0 cm³/mol. The summed E-state index contributed by atoms with van der Waals surface area (Å²) in [6.07, 6.45) is 7.26. The molecule has 0 spiro atoms. The summed E-state index contributed by atoms with van der Waals surface area (Å²) in [6.45, 7) is 4.49. The third-order valence-corrected chi connectivity index (χ3v) is 3.61. The zero-order valence-corrected chi connectivity index (χ0v) is 13.3. The van der Waals surface area contributed by atoms with E-state index in [0.29, 0.717) is 6.54 Å². The summed E-state index contributed by atoms with van der Waals surface area (Å²) in [7, 11) is 0. The number of carbonyl (C=O) groups is 1. The highest BCUT2D eigenvalue weighted by Crippen LogP contribution is 2.08. The number of hydrogen-bond donors (Lipinski definition) is 1. The maximum Gasteiger partial charge on any atom is 0.244 e. The van der Waals surface area contributed by atoms with Crippen LogP contribution in [0.25, 0.3) is 11.7 Å². The lowest BCUT2D eigenvalue weighted by atomic mass is 10.1. The first-order valence-corrected chi connectivity index (χ1v) is 7.57. The monoisotopic (exact) mass is 305 g/mol. The number of nitrogens with zero attached hydrogens (tertiary/aromatic N) is 2. The van der Waals surface area contributed by atoms with Crippen molar-refractivity contribution in [3.8, 4) is 0 Å². The van der Waals surface area contributed by atoms with Crippen molar-refractivity contribution in [1.82, 2.24) is 14.7 Å². The van der Waals surface area contributed by atoms with Crippen molar-refractivity contribution in [3.63, 3.8) is 0 Å². The number of benzene rings is 1. The Bertz CT molecular complexity index is 860. The lowest BCUT2D eigenvalue weighted by Crippen LogP contribution is -2.20. The molecule has 0 fully saturated rings. The van der Waals surface area contributed by atoms with Gasteiger partial charge in [0.25, 0.3) is 0 Å². The molecule has 0 aliphatic heterocycles. The van der Waals surface area contributed by atoms with Gasteiger partial charge < -0.3 is 9.72 Å². The first kappa shape index (κ1) is 15.0. The molecule has 4 nitrogen and oxygen atoms in total. The van der Waals surface area contributed by atoms with Gasteiger partial charge in [-0.05, 0) is 43.2 Å². The van der Waals surface area contributed by atoms with Crippen molar-refractivity contribution in [2.24, 2.45) is 0 Å². The minimum Gasteiger partial charge on any atom is -0.347 e. The van der Waals surface area contributed by atoms with Crippen molar-refractivity contribution >= 4 is 17.6 Å². The van der Waals surface area contributed by atoms with Crippen molar-refractivity contribution in [1.29, 1.82) is 0 Å². The fourth-order valence-corrected chi connectivity index (χ4v) is 2.31. The van der Waals surface area contributed by atoms with Crippen LogP contribution in [0.1, 0.15) is 22.4 Å². The Hall–Kier alpha value is -2.88. The highest BCUT2D eigenvalue weighted by molar-refractivity contribution is 5.91. The fourth-order valence-electron chi connectivity index (χ4n) is 2.31. The van der Waals surface area contributed by atoms with Gasteiger partial charge in [-0.25, -0.2) is 4.98 Å². The number of aryl methyl sites for hydroxylation is 2. The van der Waals surface area contributed by atoms with E-state index in [-0.39, 0.29) is 5.91 Å². The lowest BCUT2D eigenvalue weighted by molar-refractivity contribution is -0.116. The standard InChI is InChI=1S/C19H19N3O/c1-14-3-5-16(6-4-14)7-8-19(23)20-12-17-13-22-10-9-15(2)11-18(22)21-17/h3-11,13H,12H2,1-2H3,(H,20,23)/b8-7+. The molecule has 0 bridgehead atoms. The molecule has 0 radical (unpaired) electrons. The second-order valence-electron chi connectivity index (χ2n) is 5.66. The molecule has 1 N–H and O–H groups in total. The van der Waals surface area contributed by atoms with E-state index in [2.05, 4.69) is 10.3 Å². The average Bonchev–Trinajstić information content (AvgIpc) is 2.94. The second kappa shape index (κ2) is 6.48. The van der Waals surface area contributed by atoms with E-state index in [1.165, 1.54) is 11.1 Å². The summed E-state index contributed by atoms with van der Waals surface area (Å²) in [4.78, 5) is 16.4. The number of imidazole rings is 1. The molecule has 0 unspecified atom stereocenters. The minimum atomic E-state index is -0.126. The summed E-state index contributed by atoms with van der Waals surface area (Å²) in [5, 5.41) is 2.85. The first-order valence-electron chi connectivity index (χ1n) is 7.57. The molecule has 1 amide bonds. The number of hydrogen-bond acceptors (Lipinski definition) is 2. The molecule has 2 aromatic heterocycles. The number of amides is 1. The number of nitrogens with one attached hydrogen (secondary N) is 1. The van der Waals surface area contributed by atoms with E-state index in [0.717, 1.165) is 16.9 Å². The zero-order valence-electron chi connectivity index (χ0n) is 13.3. The minimum absolute atomic E-state index is 0.126. The molecule has 0 atom stereocenters. The molecule has 0 aliphatic carbocycles. The van der Waals surface area contributed by atoms with Gasteiger partial charge in [0.2, 0.25) is 5.91 Å². The van der Waals surface area contributed by atoms with Gasteiger partial charge in [0, 0.05) is 18.5 Å². The molecule has 23 heavy (non-hydrogen) atoms. The Kier molecular flexibility index (Phi) is 4.24. The predicted octanol–water partition coefficient (Wildman–Crippen LogP) is 3.28. The molecule has 0 saturated heterocycles.